The monoisotopic (exact) mass is 558 g/mol. The number of hydrogen-bond acceptors (Lipinski definition) is 6. The van der Waals surface area contributed by atoms with Crippen molar-refractivity contribution < 1.29 is 44.7 Å². The normalized spacial score (nSPS) is 9.03. The van der Waals surface area contributed by atoms with E-state index in [2.05, 4.69) is 84.7 Å². The Kier molecular flexibility index (Phi) is 28.3. The van der Waals surface area contributed by atoms with Gasteiger partial charge in [-0.15, -0.1) is 19.1 Å². The molecule has 0 aliphatic carbocycles. The predicted molar refractivity (Wildman–Crippen MR) is 175 cm³/mol. The molecule has 0 aromatic rings. The van der Waals surface area contributed by atoms with E-state index in [0.717, 1.165) is 19.3 Å². The molecule has 1 atom stereocenters. The molecular formula is C31H58O6S. The molecule has 0 bridgehead atoms. The minimum Gasteiger partial charge on any atom is -0.456 e. The zero-order valence-electron chi connectivity index (χ0n) is 22.3. The lowest BCUT2D eigenvalue weighted by molar-refractivity contribution is -0.159. The van der Waals surface area contributed by atoms with Crippen molar-refractivity contribution in [3.8, 4) is 71.5 Å². The van der Waals surface area contributed by atoms with E-state index >= 15 is 0 Å². The van der Waals surface area contributed by atoms with Crippen molar-refractivity contribution in [2.75, 3.05) is 13.2 Å². The van der Waals surface area contributed by atoms with Crippen LogP contribution in [0.25, 0.3) is 0 Å². The molecule has 0 aliphatic heterocycles. The average molecular weight is 559 g/mol. The molecule has 0 rings (SSSR count). The van der Waals surface area contributed by atoms with Crippen LogP contribution in [0.2, 0.25) is 0 Å². The Morgan fingerprint density at radius 2 is 1.26 bits per heavy atom. The van der Waals surface area contributed by atoms with Crippen LogP contribution in [0.3, 0.4) is 0 Å². The average Bonchev–Trinajstić information content (AvgIpc) is 2.88. The zero-order chi connectivity index (χ0) is 28.7. The zero-order valence-corrected chi connectivity index (χ0v) is 23.2. The Labute approximate surface area is 250 Å². The van der Waals surface area contributed by atoms with E-state index in [1.807, 2.05) is 0 Å². The van der Waals surface area contributed by atoms with Gasteiger partial charge in [-0.1, -0.05) is 64.7 Å². The lowest BCUT2D eigenvalue weighted by Gasteiger charge is -2.14. The standard InChI is InChI=1S/C29H32O5.C2H4OS.11H2/c1-3-5-7-9-11-13-15-17-19-21-23-28(31)33-26-27(25-30)34-29(32)24-22-20-18-16-14-12-10-8-6-4-2;1-2(3)4;;;;;;;;;;;/h1,27,30H,4,6,8,10,12,14,16,18,20,22,24-26H2,2H3;1H3,(H,3,4);11*1H/t27-;;;;;;;;;;;;/m0............/s1. The van der Waals surface area contributed by atoms with Crippen molar-refractivity contribution in [3.05, 3.63) is 0 Å². The van der Waals surface area contributed by atoms with Crippen LogP contribution in [-0.4, -0.2) is 41.5 Å². The van der Waals surface area contributed by atoms with Crippen molar-refractivity contribution in [3.63, 3.8) is 0 Å². The topological polar surface area (TPSA) is 89.9 Å². The first-order valence-electron chi connectivity index (χ1n) is 12.5. The Bertz CT molecular complexity index is 1090. The highest BCUT2D eigenvalue weighted by Crippen LogP contribution is 2.11. The summed E-state index contributed by atoms with van der Waals surface area (Å²) in [6, 6.07) is 0. The molecule has 0 unspecified atom stereocenters. The van der Waals surface area contributed by atoms with Crippen molar-refractivity contribution in [1.29, 1.82) is 0 Å². The molecule has 224 valence electrons. The Morgan fingerprint density at radius 1 is 0.816 bits per heavy atom. The van der Waals surface area contributed by atoms with Gasteiger partial charge in [0, 0.05) is 35.0 Å². The lowest BCUT2D eigenvalue weighted by atomic mass is 10.1. The van der Waals surface area contributed by atoms with Gasteiger partial charge in [-0.3, -0.25) is 9.59 Å². The summed E-state index contributed by atoms with van der Waals surface area (Å²) in [5.74, 6) is 24.4. The van der Waals surface area contributed by atoms with Gasteiger partial charge < -0.3 is 14.6 Å². The Morgan fingerprint density at radius 3 is 1.74 bits per heavy atom. The minimum absolute atomic E-state index is 0. The number of carbonyl (C=O) groups is 3. The first kappa shape index (κ1) is 36.4. The number of terminal acetylenes is 1. The highest BCUT2D eigenvalue weighted by Gasteiger charge is 2.15. The number of aliphatic hydroxyl groups excluding tert-OH is 1. The fraction of sp³-hybridized carbons (Fsp3) is 0.516. The molecule has 0 spiro atoms. The Hall–Kier alpha value is -3.72. The van der Waals surface area contributed by atoms with Crippen molar-refractivity contribution in [1.82, 2.24) is 0 Å². The second kappa shape index (κ2) is 29.5. The molecule has 38 heavy (non-hydrogen) atoms. The number of thiol groups is 1. The maximum Gasteiger partial charge on any atom is 0.385 e. The summed E-state index contributed by atoms with van der Waals surface area (Å²) in [5.41, 5.74) is 0. The number of rotatable bonds is 15. The molecule has 0 radical (unpaired) electrons. The summed E-state index contributed by atoms with van der Waals surface area (Å²) < 4.78 is 10.0. The van der Waals surface area contributed by atoms with Crippen LogP contribution < -0.4 is 0 Å². The van der Waals surface area contributed by atoms with Gasteiger partial charge in [0.25, 0.3) is 0 Å². The molecule has 0 aromatic carbocycles. The van der Waals surface area contributed by atoms with Gasteiger partial charge >= 0.3 is 11.9 Å². The van der Waals surface area contributed by atoms with E-state index in [9.17, 15) is 19.5 Å². The molecule has 6 nitrogen and oxygen atoms in total. The quantitative estimate of drug-likeness (QED) is 0.0777. The molecule has 0 saturated carbocycles. The van der Waals surface area contributed by atoms with E-state index in [0.29, 0.717) is 0 Å². The first-order chi connectivity index (χ1) is 18.4. The summed E-state index contributed by atoms with van der Waals surface area (Å²) in [6.07, 6.45) is 16.0. The third-order valence-corrected chi connectivity index (χ3v) is 4.37. The number of hydrogen-bond donors (Lipinski definition) is 2. The Balaban J connectivity index is -0.0000000742. The fourth-order valence-electron chi connectivity index (χ4n) is 2.67. The lowest BCUT2D eigenvalue weighted by Crippen LogP contribution is -2.28. The van der Waals surface area contributed by atoms with Gasteiger partial charge in [0.2, 0.25) is 0 Å². The van der Waals surface area contributed by atoms with E-state index in [4.69, 9.17) is 15.9 Å². The van der Waals surface area contributed by atoms with Gasteiger partial charge in [-0.25, -0.2) is 4.79 Å². The molecule has 0 amide bonds. The number of ether oxygens (including phenoxy) is 2. The van der Waals surface area contributed by atoms with E-state index in [1.54, 1.807) is 0 Å². The molecule has 0 aliphatic rings. The largest absolute Gasteiger partial charge is 0.456 e. The van der Waals surface area contributed by atoms with Gasteiger partial charge in [0.05, 0.1) is 6.61 Å². The van der Waals surface area contributed by atoms with E-state index in [-0.39, 0.29) is 33.8 Å². The molecule has 1 N–H and O–H groups in total. The van der Waals surface area contributed by atoms with Crippen LogP contribution in [0, 0.1) is 71.5 Å². The second-order valence-electron chi connectivity index (χ2n) is 7.74. The SMILES string of the molecule is C#CC#CC#CC#CC#CC#CC(=O)OC[C@H](CO)OC(=O)CCCCCCCCCCCC.CC(=O)S.[HH].[HH].[HH].[HH].[HH].[HH].[HH].[HH].[HH].[HH].[HH]. The van der Waals surface area contributed by atoms with Gasteiger partial charge in [0.1, 0.15) is 6.61 Å². The highest BCUT2D eigenvalue weighted by molar-refractivity contribution is 7.96. The minimum atomic E-state index is -0.922. The number of esters is 2. The maximum absolute atomic E-state index is 11.9. The highest BCUT2D eigenvalue weighted by atomic mass is 32.1. The van der Waals surface area contributed by atoms with E-state index in [1.165, 1.54) is 51.9 Å². The first-order valence-corrected chi connectivity index (χ1v) is 12.9. The molecule has 0 aromatic heterocycles. The molecule has 7 heteroatoms. The summed E-state index contributed by atoms with van der Waals surface area (Å²) in [7, 11) is 0. The maximum atomic E-state index is 11.9. The third-order valence-electron chi connectivity index (χ3n) is 4.37. The summed E-state index contributed by atoms with van der Waals surface area (Å²) >= 11 is 3.33. The second-order valence-corrected chi connectivity index (χ2v) is 8.37. The van der Waals surface area contributed by atoms with Crippen LogP contribution in [0.4, 0.5) is 0 Å². The number of aliphatic hydroxyl groups is 1. The van der Waals surface area contributed by atoms with Crippen molar-refractivity contribution in [2.45, 2.75) is 90.6 Å². The van der Waals surface area contributed by atoms with Gasteiger partial charge in [0.15, 0.2) is 11.2 Å². The van der Waals surface area contributed by atoms with Crippen molar-refractivity contribution in [2.24, 2.45) is 0 Å². The smallest absolute Gasteiger partial charge is 0.385 e. The van der Waals surface area contributed by atoms with Crippen LogP contribution in [-0.2, 0) is 23.9 Å². The summed E-state index contributed by atoms with van der Waals surface area (Å²) in [5, 5.41) is 9.19. The van der Waals surface area contributed by atoms with Crippen LogP contribution in [0.15, 0.2) is 0 Å². The fourth-order valence-corrected chi connectivity index (χ4v) is 2.67. The number of carbonyl (C=O) groups excluding carboxylic acids is 3. The van der Waals surface area contributed by atoms with Gasteiger partial charge in [-0.2, -0.15) is 0 Å². The van der Waals surface area contributed by atoms with Crippen LogP contribution in [0.5, 0.6) is 0 Å². The van der Waals surface area contributed by atoms with Crippen LogP contribution >= 0.6 is 12.6 Å². The molecule has 0 saturated heterocycles. The number of unbranched alkanes of at least 4 members (excludes halogenated alkanes) is 9. The molecule has 0 fully saturated rings. The molecule has 0 heterocycles. The summed E-state index contributed by atoms with van der Waals surface area (Å²) in [4.78, 5) is 32.8. The third kappa shape index (κ3) is 32.3. The van der Waals surface area contributed by atoms with Crippen LogP contribution in [0.1, 0.15) is 100 Å². The molecular weight excluding hydrogens is 500 g/mol. The van der Waals surface area contributed by atoms with E-state index < -0.39 is 24.6 Å². The predicted octanol–water partition coefficient (Wildman–Crippen LogP) is 6.56. The van der Waals surface area contributed by atoms with Crippen molar-refractivity contribution >= 4 is 29.7 Å². The summed E-state index contributed by atoms with van der Waals surface area (Å²) in [6.45, 7) is 2.87. The van der Waals surface area contributed by atoms with Gasteiger partial charge in [-0.05, 0) is 65.6 Å².